The molecule has 4 rings (SSSR count). The van der Waals surface area contributed by atoms with Gasteiger partial charge in [-0.1, -0.05) is 30.3 Å². The molecule has 6 heteroatoms. The van der Waals surface area contributed by atoms with Crippen molar-refractivity contribution in [2.24, 2.45) is 0 Å². The molecule has 4 aromatic rings. The molecule has 0 atom stereocenters. The molecule has 20 heavy (non-hydrogen) atoms. The van der Waals surface area contributed by atoms with E-state index in [9.17, 15) is 0 Å². The molecule has 3 aromatic heterocycles. The standard InChI is InChI=1S/C14H11N5S/c1-15-12-10-9(16-7-17-10)11-13(18-12)19-14(20-11)8-5-3-2-4-6-8/h2-7H,1H3,(H,15,18)(H,16,17). The van der Waals surface area contributed by atoms with Crippen molar-refractivity contribution in [3.05, 3.63) is 36.7 Å². The van der Waals surface area contributed by atoms with Gasteiger partial charge in [-0.3, -0.25) is 0 Å². The molecule has 0 radical (unpaired) electrons. The monoisotopic (exact) mass is 281 g/mol. The second-order valence-corrected chi connectivity index (χ2v) is 5.37. The summed E-state index contributed by atoms with van der Waals surface area (Å²) >= 11 is 1.63. The van der Waals surface area contributed by atoms with Crippen LogP contribution in [0.3, 0.4) is 0 Å². The summed E-state index contributed by atoms with van der Waals surface area (Å²) in [7, 11) is 1.84. The lowest BCUT2D eigenvalue weighted by Crippen LogP contribution is -1.94. The number of benzene rings is 1. The van der Waals surface area contributed by atoms with Crippen LogP contribution < -0.4 is 5.32 Å². The smallest absolute Gasteiger partial charge is 0.175 e. The molecular weight excluding hydrogens is 270 g/mol. The highest BCUT2D eigenvalue weighted by molar-refractivity contribution is 7.22. The number of fused-ring (bicyclic) bond motifs is 3. The summed E-state index contributed by atoms with van der Waals surface area (Å²) in [5.74, 6) is 0.749. The van der Waals surface area contributed by atoms with Crippen molar-refractivity contribution < 1.29 is 0 Å². The second-order valence-electron chi connectivity index (χ2n) is 4.37. The van der Waals surface area contributed by atoms with Gasteiger partial charge < -0.3 is 10.3 Å². The van der Waals surface area contributed by atoms with Crippen molar-refractivity contribution in [3.63, 3.8) is 0 Å². The van der Waals surface area contributed by atoms with Gasteiger partial charge in [0, 0.05) is 12.6 Å². The summed E-state index contributed by atoms with van der Waals surface area (Å²) in [6.45, 7) is 0. The first-order valence-corrected chi connectivity index (χ1v) is 7.05. The Hall–Kier alpha value is -2.47. The first-order chi connectivity index (χ1) is 9.86. The molecule has 0 aliphatic heterocycles. The molecule has 0 saturated carbocycles. The lowest BCUT2D eigenvalue weighted by Gasteiger charge is -1.99. The molecule has 0 bridgehead atoms. The Morgan fingerprint density at radius 1 is 1.15 bits per heavy atom. The Kier molecular flexibility index (Phi) is 2.43. The van der Waals surface area contributed by atoms with Crippen LogP contribution in [0.1, 0.15) is 0 Å². The lowest BCUT2D eigenvalue weighted by atomic mass is 10.2. The molecule has 0 aliphatic rings. The van der Waals surface area contributed by atoms with E-state index in [4.69, 9.17) is 0 Å². The number of anilines is 1. The maximum absolute atomic E-state index is 4.64. The van der Waals surface area contributed by atoms with E-state index in [0.29, 0.717) is 0 Å². The Morgan fingerprint density at radius 2 is 2.00 bits per heavy atom. The van der Waals surface area contributed by atoms with Crippen LogP contribution in [0, 0.1) is 0 Å². The molecule has 3 heterocycles. The van der Waals surface area contributed by atoms with Crippen LogP contribution in [0.25, 0.3) is 32.0 Å². The van der Waals surface area contributed by atoms with Crippen molar-refractivity contribution in [3.8, 4) is 10.6 Å². The van der Waals surface area contributed by atoms with Crippen LogP contribution in [0.15, 0.2) is 36.7 Å². The van der Waals surface area contributed by atoms with Gasteiger partial charge in [-0.15, -0.1) is 11.3 Å². The fraction of sp³-hybridized carbons (Fsp3) is 0.0714. The average Bonchev–Trinajstić information content (AvgIpc) is 3.13. The maximum Gasteiger partial charge on any atom is 0.175 e. The van der Waals surface area contributed by atoms with Gasteiger partial charge in [0.2, 0.25) is 0 Å². The first-order valence-electron chi connectivity index (χ1n) is 6.23. The molecule has 0 aliphatic carbocycles. The number of aromatic amines is 1. The molecule has 0 amide bonds. The van der Waals surface area contributed by atoms with Crippen molar-refractivity contribution in [2.75, 3.05) is 12.4 Å². The molecule has 2 N–H and O–H groups in total. The number of nitrogens with one attached hydrogen (secondary N) is 2. The van der Waals surface area contributed by atoms with Crippen LogP contribution in [-0.4, -0.2) is 27.0 Å². The number of hydrogen-bond acceptors (Lipinski definition) is 5. The highest BCUT2D eigenvalue weighted by Gasteiger charge is 2.14. The van der Waals surface area contributed by atoms with Gasteiger partial charge in [-0.25, -0.2) is 15.0 Å². The molecule has 0 unspecified atom stereocenters. The third-order valence-electron chi connectivity index (χ3n) is 3.18. The molecule has 0 saturated heterocycles. The van der Waals surface area contributed by atoms with E-state index in [-0.39, 0.29) is 0 Å². The maximum atomic E-state index is 4.64. The summed E-state index contributed by atoms with van der Waals surface area (Å²) < 4.78 is 1.04. The van der Waals surface area contributed by atoms with Crippen LogP contribution in [-0.2, 0) is 0 Å². The minimum Gasteiger partial charge on any atom is -0.371 e. The van der Waals surface area contributed by atoms with E-state index in [2.05, 4.69) is 37.4 Å². The zero-order valence-electron chi connectivity index (χ0n) is 10.7. The lowest BCUT2D eigenvalue weighted by molar-refractivity contribution is 1.29. The first kappa shape index (κ1) is 11.4. The molecule has 98 valence electrons. The van der Waals surface area contributed by atoms with Crippen LogP contribution >= 0.6 is 11.3 Å². The summed E-state index contributed by atoms with van der Waals surface area (Å²) in [5, 5.41) is 4.04. The van der Waals surface area contributed by atoms with E-state index in [0.717, 1.165) is 37.8 Å². The highest BCUT2D eigenvalue weighted by atomic mass is 32.1. The number of nitrogens with zero attached hydrogens (tertiary/aromatic N) is 3. The predicted octanol–water partition coefficient (Wildman–Crippen LogP) is 3.28. The van der Waals surface area contributed by atoms with Gasteiger partial charge >= 0.3 is 0 Å². The van der Waals surface area contributed by atoms with E-state index in [1.807, 2.05) is 25.2 Å². The van der Waals surface area contributed by atoms with Crippen molar-refractivity contribution in [1.29, 1.82) is 0 Å². The molecule has 1 aromatic carbocycles. The molecule has 0 spiro atoms. The average molecular weight is 281 g/mol. The topological polar surface area (TPSA) is 66.5 Å². The van der Waals surface area contributed by atoms with Gasteiger partial charge in [0.15, 0.2) is 11.5 Å². The quantitative estimate of drug-likeness (QED) is 0.592. The SMILES string of the molecule is CNc1nc2nc(-c3ccccc3)sc2c2[nH]cnc12. The number of thiazole rings is 1. The predicted molar refractivity (Wildman–Crippen MR) is 82.0 cm³/mol. The number of hydrogen-bond donors (Lipinski definition) is 2. The Morgan fingerprint density at radius 3 is 2.80 bits per heavy atom. The van der Waals surface area contributed by atoms with Crippen LogP contribution in [0.5, 0.6) is 0 Å². The van der Waals surface area contributed by atoms with E-state index < -0.39 is 0 Å². The summed E-state index contributed by atoms with van der Waals surface area (Å²) in [6.07, 6.45) is 1.69. The highest BCUT2D eigenvalue weighted by Crippen LogP contribution is 2.34. The number of pyridine rings is 1. The van der Waals surface area contributed by atoms with Gasteiger partial charge in [0.05, 0.1) is 16.5 Å². The normalized spacial score (nSPS) is 11.2. The summed E-state index contributed by atoms with van der Waals surface area (Å²) in [5.41, 5.74) is 3.69. The van der Waals surface area contributed by atoms with Gasteiger partial charge in [-0.2, -0.15) is 0 Å². The molecular formula is C14H11N5S. The summed E-state index contributed by atoms with van der Waals surface area (Å²) in [6, 6.07) is 10.1. The summed E-state index contributed by atoms with van der Waals surface area (Å²) in [4.78, 5) is 16.7. The minimum absolute atomic E-state index is 0.745. The van der Waals surface area contributed by atoms with E-state index in [1.165, 1.54) is 0 Å². The van der Waals surface area contributed by atoms with Crippen LogP contribution in [0.2, 0.25) is 0 Å². The zero-order valence-corrected chi connectivity index (χ0v) is 11.5. The van der Waals surface area contributed by atoms with Crippen molar-refractivity contribution in [1.82, 2.24) is 19.9 Å². The minimum atomic E-state index is 0.745. The second kappa shape index (κ2) is 4.28. The zero-order chi connectivity index (χ0) is 13.5. The largest absolute Gasteiger partial charge is 0.371 e. The number of rotatable bonds is 2. The van der Waals surface area contributed by atoms with Crippen molar-refractivity contribution in [2.45, 2.75) is 0 Å². The van der Waals surface area contributed by atoms with Gasteiger partial charge in [-0.05, 0) is 0 Å². The van der Waals surface area contributed by atoms with Crippen molar-refractivity contribution >= 4 is 38.5 Å². The van der Waals surface area contributed by atoms with E-state index >= 15 is 0 Å². The molecule has 5 nitrogen and oxygen atoms in total. The Labute approximate surface area is 118 Å². The van der Waals surface area contributed by atoms with Crippen LogP contribution in [0.4, 0.5) is 5.82 Å². The number of aromatic nitrogens is 4. The number of imidazole rings is 1. The third kappa shape index (κ3) is 1.58. The molecule has 0 fully saturated rings. The van der Waals surface area contributed by atoms with Gasteiger partial charge in [0.25, 0.3) is 0 Å². The Bertz CT molecular complexity index is 894. The fourth-order valence-electron chi connectivity index (χ4n) is 2.23. The Balaban J connectivity index is 2.04. The number of H-pyrrole nitrogens is 1. The fourth-order valence-corrected chi connectivity index (χ4v) is 3.25. The van der Waals surface area contributed by atoms with E-state index in [1.54, 1.807) is 17.7 Å². The third-order valence-corrected chi connectivity index (χ3v) is 4.29. The van der Waals surface area contributed by atoms with Gasteiger partial charge in [0.1, 0.15) is 10.5 Å².